The van der Waals surface area contributed by atoms with Crippen molar-refractivity contribution >= 4 is 23.3 Å². The Labute approximate surface area is 153 Å². The average molecular weight is 374 g/mol. The summed E-state index contributed by atoms with van der Waals surface area (Å²) in [7, 11) is 0. The molecule has 132 valence electrons. The first-order valence-corrected chi connectivity index (χ1v) is 8.12. The normalized spacial score (nSPS) is 10.6. The number of aryl methyl sites for hydroxylation is 1. The van der Waals surface area contributed by atoms with Gasteiger partial charge < -0.3 is 5.32 Å². The predicted octanol–water partition coefficient (Wildman–Crippen LogP) is 4.56. The molecule has 2 heterocycles. The molecule has 7 heteroatoms. The molecule has 0 saturated carbocycles. The van der Waals surface area contributed by atoms with E-state index in [1.807, 2.05) is 0 Å². The van der Waals surface area contributed by atoms with Crippen LogP contribution in [0.4, 0.5) is 14.6 Å². The smallest absolute Gasteiger partial charge is 0.258 e. The number of aromatic nitrogens is 2. The largest absolute Gasteiger partial charge is 0.307 e. The van der Waals surface area contributed by atoms with Crippen LogP contribution < -0.4 is 5.32 Å². The van der Waals surface area contributed by atoms with Crippen molar-refractivity contribution in [2.75, 3.05) is 5.32 Å². The predicted molar refractivity (Wildman–Crippen MR) is 95.3 cm³/mol. The van der Waals surface area contributed by atoms with Crippen molar-refractivity contribution < 1.29 is 13.6 Å². The van der Waals surface area contributed by atoms with Crippen LogP contribution in [0.15, 0.2) is 48.8 Å². The number of anilines is 1. The monoisotopic (exact) mass is 373 g/mol. The number of hydrogen-bond donors (Lipinski definition) is 1. The maximum Gasteiger partial charge on any atom is 0.258 e. The molecule has 0 aliphatic heterocycles. The molecular weight excluding hydrogens is 360 g/mol. The molecule has 2 aromatic heterocycles. The Morgan fingerprint density at radius 2 is 1.77 bits per heavy atom. The second-order valence-electron chi connectivity index (χ2n) is 5.79. The highest BCUT2D eigenvalue weighted by atomic mass is 35.5. The molecule has 0 radical (unpaired) electrons. The molecule has 4 nitrogen and oxygen atoms in total. The number of nitrogens with one attached hydrogen (secondary N) is 1. The quantitative estimate of drug-likeness (QED) is 0.682. The van der Waals surface area contributed by atoms with Crippen LogP contribution >= 0.6 is 11.6 Å². The van der Waals surface area contributed by atoms with Gasteiger partial charge in [-0.15, -0.1) is 0 Å². The lowest BCUT2D eigenvalue weighted by atomic mass is 10.1. The molecule has 3 rings (SSSR count). The van der Waals surface area contributed by atoms with Gasteiger partial charge >= 0.3 is 0 Å². The van der Waals surface area contributed by atoms with Crippen LogP contribution in [0.25, 0.3) is 0 Å². The van der Waals surface area contributed by atoms with E-state index in [0.717, 1.165) is 11.6 Å². The van der Waals surface area contributed by atoms with Crippen LogP contribution in [0.3, 0.4) is 0 Å². The van der Waals surface area contributed by atoms with Crippen molar-refractivity contribution in [3.8, 4) is 0 Å². The summed E-state index contributed by atoms with van der Waals surface area (Å²) in [4.78, 5) is 20.3. The highest BCUT2D eigenvalue weighted by Gasteiger charge is 2.09. The van der Waals surface area contributed by atoms with Gasteiger partial charge in [0.2, 0.25) is 0 Å². The van der Waals surface area contributed by atoms with Crippen molar-refractivity contribution in [2.24, 2.45) is 0 Å². The Morgan fingerprint density at radius 1 is 1.04 bits per heavy atom. The lowest BCUT2D eigenvalue weighted by Gasteiger charge is -2.07. The molecule has 0 unspecified atom stereocenters. The van der Waals surface area contributed by atoms with Crippen molar-refractivity contribution in [1.82, 2.24) is 9.97 Å². The fraction of sp³-hybridized carbons (Fsp3) is 0.105. The molecule has 1 N–H and O–H groups in total. The summed E-state index contributed by atoms with van der Waals surface area (Å²) < 4.78 is 26.5. The Hall–Kier alpha value is -2.86. The molecule has 0 spiro atoms. The zero-order valence-electron chi connectivity index (χ0n) is 13.8. The van der Waals surface area contributed by atoms with E-state index in [9.17, 15) is 13.6 Å². The minimum Gasteiger partial charge on any atom is -0.307 e. The molecule has 26 heavy (non-hydrogen) atoms. The number of carbonyl (C=O) groups is 1. The minimum absolute atomic E-state index is 0.330. The van der Waals surface area contributed by atoms with Gasteiger partial charge in [0.15, 0.2) is 0 Å². The van der Waals surface area contributed by atoms with Gasteiger partial charge in [0.05, 0.1) is 5.56 Å². The van der Waals surface area contributed by atoms with E-state index < -0.39 is 11.6 Å². The van der Waals surface area contributed by atoms with Crippen molar-refractivity contribution in [3.05, 3.63) is 87.8 Å². The molecule has 0 aliphatic rings. The average Bonchev–Trinajstić information content (AvgIpc) is 2.58. The third kappa shape index (κ3) is 4.40. The van der Waals surface area contributed by atoms with Gasteiger partial charge in [0.1, 0.15) is 22.6 Å². The van der Waals surface area contributed by atoms with Gasteiger partial charge in [-0.2, -0.15) is 0 Å². The summed E-state index contributed by atoms with van der Waals surface area (Å²) in [6.45, 7) is 1.76. The number of rotatable bonds is 4. The number of pyridine rings is 2. The van der Waals surface area contributed by atoms with Gasteiger partial charge in [0.25, 0.3) is 5.91 Å². The Morgan fingerprint density at radius 3 is 2.38 bits per heavy atom. The van der Waals surface area contributed by atoms with Crippen LogP contribution in [0, 0.1) is 18.6 Å². The molecule has 0 fully saturated rings. The number of nitrogens with zero attached hydrogens (tertiary/aromatic N) is 2. The van der Waals surface area contributed by atoms with Gasteiger partial charge in [-0.25, -0.2) is 18.7 Å². The van der Waals surface area contributed by atoms with Gasteiger partial charge in [-0.3, -0.25) is 4.79 Å². The molecular formula is C19H14ClF2N3O. The van der Waals surface area contributed by atoms with Gasteiger partial charge in [-0.1, -0.05) is 17.7 Å². The topological polar surface area (TPSA) is 54.9 Å². The van der Waals surface area contributed by atoms with Gasteiger partial charge in [0, 0.05) is 18.5 Å². The summed E-state index contributed by atoms with van der Waals surface area (Å²) >= 11 is 5.85. The fourth-order valence-electron chi connectivity index (χ4n) is 2.42. The van der Waals surface area contributed by atoms with E-state index in [4.69, 9.17) is 11.6 Å². The highest BCUT2D eigenvalue weighted by Crippen LogP contribution is 2.16. The summed E-state index contributed by atoms with van der Waals surface area (Å²) in [5, 5.41) is 3.01. The minimum atomic E-state index is -0.622. The van der Waals surface area contributed by atoms with E-state index in [0.29, 0.717) is 34.1 Å². The molecule has 0 saturated heterocycles. The molecule has 0 aliphatic carbocycles. The van der Waals surface area contributed by atoms with Crippen molar-refractivity contribution in [1.29, 1.82) is 0 Å². The molecule has 3 aromatic rings. The van der Waals surface area contributed by atoms with Crippen LogP contribution in [-0.4, -0.2) is 15.9 Å². The summed E-state index contributed by atoms with van der Waals surface area (Å²) in [6, 6.07) is 8.37. The second kappa shape index (κ2) is 7.58. The lowest BCUT2D eigenvalue weighted by molar-refractivity contribution is 0.102. The van der Waals surface area contributed by atoms with Crippen molar-refractivity contribution in [2.45, 2.75) is 13.3 Å². The summed E-state index contributed by atoms with van der Waals surface area (Å²) in [5.74, 6) is -1.24. The number of benzene rings is 1. The van der Waals surface area contributed by atoms with Crippen LogP contribution in [-0.2, 0) is 6.42 Å². The third-order valence-corrected chi connectivity index (χ3v) is 4.07. The number of carbonyl (C=O) groups excluding carboxylic acids is 1. The SMILES string of the molecule is Cc1cc(C(=O)Nc2ccc(Cc3cc(F)cc(F)c3)cn2)cnc1Cl. The van der Waals surface area contributed by atoms with Crippen LogP contribution in [0.1, 0.15) is 27.0 Å². The second-order valence-corrected chi connectivity index (χ2v) is 6.15. The first-order valence-electron chi connectivity index (χ1n) is 7.74. The molecule has 1 amide bonds. The maximum atomic E-state index is 13.2. The number of halogens is 3. The van der Waals surface area contributed by atoms with Crippen LogP contribution in [0.2, 0.25) is 5.15 Å². The Balaban J connectivity index is 1.69. The molecule has 0 atom stereocenters. The number of amides is 1. The number of hydrogen-bond acceptors (Lipinski definition) is 3. The van der Waals surface area contributed by atoms with E-state index >= 15 is 0 Å². The highest BCUT2D eigenvalue weighted by molar-refractivity contribution is 6.30. The first kappa shape index (κ1) is 17.9. The first-order chi connectivity index (χ1) is 12.4. The van der Waals surface area contributed by atoms with E-state index in [1.54, 1.807) is 31.3 Å². The Kier molecular flexibility index (Phi) is 5.23. The standard InChI is InChI=1S/C19H14ClF2N3O/c1-11-4-14(10-24-18(11)20)19(26)25-17-3-2-12(9-23-17)5-13-6-15(21)8-16(22)7-13/h2-4,6-10H,5H2,1H3,(H,23,25,26). The summed E-state index contributed by atoms with van der Waals surface area (Å²) in [6.07, 6.45) is 3.26. The zero-order chi connectivity index (χ0) is 18.7. The third-order valence-electron chi connectivity index (χ3n) is 3.67. The van der Waals surface area contributed by atoms with E-state index in [-0.39, 0.29) is 5.91 Å². The molecule has 1 aromatic carbocycles. The van der Waals surface area contributed by atoms with E-state index in [1.165, 1.54) is 18.3 Å². The summed E-state index contributed by atoms with van der Waals surface area (Å²) in [5.41, 5.74) is 2.33. The zero-order valence-corrected chi connectivity index (χ0v) is 14.5. The molecule has 0 bridgehead atoms. The van der Waals surface area contributed by atoms with Crippen LogP contribution in [0.5, 0.6) is 0 Å². The van der Waals surface area contributed by atoms with Gasteiger partial charge in [-0.05, 0) is 54.3 Å². The lowest BCUT2D eigenvalue weighted by Crippen LogP contribution is -2.13. The maximum absolute atomic E-state index is 13.2. The Bertz CT molecular complexity index is 941. The van der Waals surface area contributed by atoms with E-state index in [2.05, 4.69) is 15.3 Å². The fourth-order valence-corrected chi connectivity index (χ4v) is 2.53. The van der Waals surface area contributed by atoms with Crippen molar-refractivity contribution in [3.63, 3.8) is 0 Å².